The molecule has 0 radical (unpaired) electrons. The van der Waals surface area contributed by atoms with Gasteiger partial charge in [0.05, 0.1) is 0 Å². The predicted octanol–water partition coefficient (Wildman–Crippen LogP) is 6.15. The number of hydrogen-bond acceptors (Lipinski definition) is 6. The first kappa shape index (κ1) is 31.4. The van der Waals surface area contributed by atoms with E-state index in [0.717, 1.165) is 21.2 Å². The molecule has 9 heteroatoms. The van der Waals surface area contributed by atoms with Gasteiger partial charge in [0.25, 0.3) is 0 Å². The third kappa shape index (κ3) is 6.39. The van der Waals surface area contributed by atoms with Crippen LogP contribution in [0.5, 0.6) is 0 Å². The molecule has 1 saturated heterocycles. The van der Waals surface area contributed by atoms with E-state index in [4.69, 9.17) is 14.2 Å². The minimum absolute atomic E-state index is 0.00485. The fraction of sp³-hybridized carbons (Fsp3) is 0.270. The average molecular weight is 684 g/mol. The number of carbonyl (C=O) groups is 3. The number of esters is 1. The molecule has 4 aromatic rings. The third-order valence-corrected chi connectivity index (χ3v) is 11.0. The Morgan fingerprint density at radius 1 is 0.739 bits per heavy atom. The summed E-state index contributed by atoms with van der Waals surface area (Å²) in [6, 6.07) is 35.4. The monoisotopic (exact) mass is 684 g/mol. The van der Waals surface area contributed by atoms with E-state index >= 15 is 0 Å². The summed E-state index contributed by atoms with van der Waals surface area (Å²) in [5.74, 6) is -0.556. The number of carbonyl (C=O) groups excluding carboxylic acids is 3. The Labute approximate surface area is 275 Å². The average Bonchev–Trinajstić information content (AvgIpc) is 3.52. The van der Waals surface area contributed by atoms with Crippen molar-refractivity contribution in [3.05, 3.63) is 132 Å². The number of fused-ring (bicyclic) bond motifs is 3. The van der Waals surface area contributed by atoms with Crippen molar-refractivity contribution in [2.45, 2.75) is 62.5 Å². The first-order valence-corrected chi connectivity index (χ1v) is 16.9. The molecule has 0 saturated carbocycles. The van der Waals surface area contributed by atoms with Gasteiger partial charge in [0.2, 0.25) is 0 Å². The number of amides is 2. The van der Waals surface area contributed by atoms with Crippen LogP contribution in [-0.4, -0.2) is 55.8 Å². The molecular formula is C37H36N2O6Se. The molecule has 4 aromatic carbocycles. The number of benzene rings is 4. The molecule has 0 spiro atoms. The molecule has 3 atom stereocenters. The van der Waals surface area contributed by atoms with Crippen LogP contribution in [0.25, 0.3) is 0 Å². The molecule has 2 aliphatic rings. The topological polar surface area (TPSA) is 85.4 Å². The molecule has 0 N–H and O–H groups in total. The van der Waals surface area contributed by atoms with Gasteiger partial charge in [-0.15, -0.1) is 0 Å². The summed E-state index contributed by atoms with van der Waals surface area (Å²) >= 11 is -0.335. The second-order valence-electron chi connectivity index (χ2n) is 12.3. The van der Waals surface area contributed by atoms with Gasteiger partial charge in [0, 0.05) is 0 Å². The van der Waals surface area contributed by atoms with Gasteiger partial charge in [-0.1, -0.05) is 0 Å². The van der Waals surface area contributed by atoms with Crippen molar-refractivity contribution in [3.63, 3.8) is 0 Å². The Kier molecular flexibility index (Phi) is 8.89. The maximum atomic E-state index is 14.3. The number of likely N-dealkylation sites (tertiary alicyclic amines) is 1. The van der Waals surface area contributed by atoms with Gasteiger partial charge in [-0.2, -0.15) is 0 Å². The van der Waals surface area contributed by atoms with Gasteiger partial charge >= 0.3 is 276 Å². The first-order chi connectivity index (χ1) is 22.2. The fourth-order valence-corrected chi connectivity index (χ4v) is 9.32. The Morgan fingerprint density at radius 3 is 1.89 bits per heavy atom. The minimum atomic E-state index is -1.01. The number of anilines is 1. The summed E-state index contributed by atoms with van der Waals surface area (Å²) in [5, 5.41) is 0. The maximum absolute atomic E-state index is 14.3. The van der Waals surface area contributed by atoms with E-state index in [1.54, 1.807) is 25.7 Å². The SMILES string of the molecule is CC(C)(C)OC(=O)N1c2ccccc2[C@]2([Se]c3ccccc3)C[C@@H](C(=O)OCc3ccccc3)N(C(=O)OCc3ccccc3)[C@H]12. The van der Waals surface area contributed by atoms with Crippen LogP contribution in [0.4, 0.5) is 15.3 Å². The fourth-order valence-electron chi connectivity index (χ4n) is 6.04. The number of para-hydroxylation sites is 1. The van der Waals surface area contributed by atoms with E-state index in [9.17, 15) is 14.4 Å². The zero-order chi connectivity index (χ0) is 32.3. The third-order valence-electron chi connectivity index (χ3n) is 7.92. The van der Waals surface area contributed by atoms with E-state index < -0.39 is 40.3 Å². The van der Waals surface area contributed by atoms with E-state index in [0.29, 0.717) is 5.69 Å². The summed E-state index contributed by atoms with van der Waals surface area (Å²) in [7, 11) is 0. The van der Waals surface area contributed by atoms with E-state index in [1.807, 2.05) is 115 Å². The van der Waals surface area contributed by atoms with Crippen molar-refractivity contribution < 1.29 is 28.6 Å². The molecule has 0 unspecified atom stereocenters. The molecule has 6 rings (SSSR count). The van der Waals surface area contributed by atoms with Crippen molar-refractivity contribution in [1.29, 1.82) is 0 Å². The molecule has 236 valence electrons. The molecule has 2 amide bonds. The van der Waals surface area contributed by atoms with Gasteiger partial charge in [-0.3, -0.25) is 0 Å². The normalized spacial score (nSPS) is 20.1. The van der Waals surface area contributed by atoms with Crippen molar-refractivity contribution >= 4 is 43.3 Å². The van der Waals surface area contributed by atoms with Crippen LogP contribution < -0.4 is 9.36 Å². The number of ether oxygens (including phenoxy) is 3. The van der Waals surface area contributed by atoms with Crippen molar-refractivity contribution in [1.82, 2.24) is 4.90 Å². The van der Waals surface area contributed by atoms with Crippen LogP contribution in [0.2, 0.25) is 0 Å². The van der Waals surface area contributed by atoms with Crippen LogP contribution in [0.3, 0.4) is 0 Å². The number of rotatable bonds is 7. The van der Waals surface area contributed by atoms with Gasteiger partial charge in [-0.25, -0.2) is 0 Å². The second-order valence-corrected chi connectivity index (χ2v) is 15.3. The second kappa shape index (κ2) is 13.0. The molecule has 2 heterocycles. The van der Waals surface area contributed by atoms with Crippen molar-refractivity contribution in [2.75, 3.05) is 4.90 Å². The molecule has 0 bridgehead atoms. The summed E-state index contributed by atoms with van der Waals surface area (Å²) in [6.07, 6.45) is -1.95. The Balaban J connectivity index is 1.45. The molecule has 2 aliphatic heterocycles. The number of hydrogen-bond donors (Lipinski definition) is 0. The standard InChI is InChI=1S/C37H36N2O6Se/c1-36(2,3)45-35(42)38-30-22-14-13-21-29(30)37(46-28-19-11-6-12-20-28)23-31(32(40)43-24-26-15-7-4-8-16-26)39(33(37)38)34(41)44-25-27-17-9-5-10-18-27/h4-22,31,33H,23-25H2,1-3H3/t31-,33-,37+/m0/s1. The molecule has 1 fully saturated rings. The zero-order valence-corrected chi connectivity index (χ0v) is 27.7. The summed E-state index contributed by atoms with van der Waals surface area (Å²) in [5.41, 5.74) is 2.37. The summed E-state index contributed by atoms with van der Waals surface area (Å²) in [4.78, 5) is 45.4. The summed E-state index contributed by atoms with van der Waals surface area (Å²) < 4.78 is 18.0. The van der Waals surface area contributed by atoms with Crippen LogP contribution in [-0.2, 0) is 36.5 Å². The number of nitrogens with zero attached hydrogens (tertiary/aromatic N) is 2. The van der Waals surface area contributed by atoms with Gasteiger partial charge in [0.15, 0.2) is 0 Å². The molecule has 0 aromatic heterocycles. The molecule has 0 aliphatic carbocycles. The van der Waals surface area contributed by atoms with E-state index in [1.165, 1.54) is 4.90 Å². The summed E-state index contributed by atoms with van der Waals surface area (Å²) in [6.45, 7) is 5.47. The molecule has 8 nitrogen and oxygen atoms in total. The van der Waals surface area contributed by atoms with E-state index in [2.05, 4.69) is 0 Å². The Morgan fingerprint density at radius 2 is 1.28 bits per heavy atom. The molecule has 46 heavy (non-hydrogen) atoms. The predicted molar refractivity (Wildman–Crippen MR) is 176 cm³/mol. The van der Waals surface area contributed by atoms with Crippen LogP contribution >= 0.6 is 0 Å². The quantitative estimate of drug-likeness (QED) is 0.132. The van der Waals surface area contributed by atoms with Crippen LogP contribution in [0.15, 0.2) is 115 Å². The first-order valence-electron chi connectivity index (χ1n) is 15.2. The van der Waals surface area contributed by atoms with Gasteiger partial charge < -0.3 is 0 Å². The van der Waals surface area contributed by atoms with E-state index in [-0.39, 0.29) is 34.6 Å². The van der Waals surface area contributed by atoms with Gasteiger partial charge in [0.1, 0.15) is 0 Å². The Bertz CT molecular complexity index is 1700. The van der Waals surface area contributed by atoms with Gasteiger partial charge in [-0.05, 0) is 0 Å². The Hall–Kier alpha value is -4.59. The van der Waals surface area contributed by atoms with Crippen LogP contribution in [0.1, 0.15) is 43.9 Å². The van der Waals surface area contributed by atoms with Crippen molar-refractivity contribution in [3.8, 4) is 0 Å². The van der Waals surface area contributed by atoms with Crippen LogP contribution in [0, 0.1) is 0 Å². The zero-order valence-electron chi connectivity index (χ0n) is 26.0. The van der Waals surface area contributed by atoms with Crippen molar-refractivity contribution in [2.24, 2.45) is 0 Å². The molecular weight excluding hydrogens is 647 g/mol.